The van der Waals surface area contributed by atoms with Crippen molar-refractivity contribution in [3.05, 3.63) is 48.3 Å². The van der Waals surface area contributed by atoms with Crippen molar-refractivity contribution in [2.75, 3.05) is 0 Å². The molecule has 1 atom stereocenters. The summed E-state index contributed by atoms with van der Waals surface area (Å²) in [5, 5.41) is 0. The second kappa shape index (κ2) is 6.70. The van der Waals surface area contributed by atoms with Crippen LogP contribution in [-0.2, 0) is 16.1 Å². The average Bonchev–Trinajstić information content (AvgIpc) is 2.97. The Morgan fingerprint density at radius 2 is 2.05 bits per heavy atom. The highest BCUT2D eigenvalue weighted by Crippen LogP contribution is 2.23. The second-order valence-electron chi connectivity index (χ2n) is 4.65. The highest BCUT2D eigenvalue weighted by Gasteiger charge is 2.23. The Hall–Kier alpha value is -2.37. The molecule has 2 heterocycles. The van der Waals surface area contributed by atoms with Crippen molar-refractivity contribution in [3.8, 4) is 0 Å². The Balaban J connectivity index is 1.89. The van der Waals surface area contributed by atoms with Crippen molar-refractivity contribution in [3.63, 3.8) is 0 Å². The van der Waals surface area contributed by atoms with Gasteiger partial charge in [-0.25, -0.2) is 9.78 Å². The van der Waals surface area contributed by atoms with Crippen molar-refractivity contribution in [2.24, 2.45) is 5.92 Å². The predicted molar refractivity (Wildman–Crippen MR) is 71.7 cm³/mol. The van der Waals surface area contributed by atoms with E-state index in [-0.39, 0.29) is 12.5 Å². The normalized spacial score (nSPS) is 12.2. The Bertz CT molecular complexity index is 526. The van der Waals surface area contributed by atoms with Gasteiger partial charge in [0.05, 0.1) is 0 Å². The van der Waals surface area contributed by atoms with Crippen LogP contribution in [0.15, 0.2) is 36.9 Å². The third kappa shape index (κ3) is 3.81. The molecule has 1 unspecified atom stereocenters. The summed E-state index contributed by atoms with van der Waals surface area (Å²) in [4.78, 5) is 22.7. The number of nitrogens with zero attached hydrogens (tertiary/aromatic N) is 2. The molecular weight excluding hydrogens is 258 g/mol. The zero-order chi connectivity index (χ0) is 14.4. The van der Waals surface area contributed by atoms with E-state index < -0.39 is 12.3 Å². The van der Waals surface area contributed by atoms with Gasteiger partial charge in [-0.1, -0.05) is 13.8 Å². The van der Waals surface area contributed by atoms with Crippen LogP contribution in [0.4, 0.5) is 4.79 Å². The first-order valence-electron chi connectivity index (χ1n) is 6.38. The van der Waals surface area contributed by atoms with Crippen molar-refractivity contribution in [1.82, 2.24) is 15.0 Å². The fraction of sp³-hybridized carbons (Fsp3) is 0.357. The molecule has 0 saturated carbocycles. The molecule has 2 aromatic heterocycles. The van der Waals surface area contributed by atoms with Gasteiger partial charge in [0.25, 0.3) is 0 Å². The number of nitrogens with one attached hydrogen (secondary N) is 1. The second-order valence-corrected chi connectivity index (χ2v) is 4.65. The lowest BCUT2D eigenvalue weighted by atomic mass is 10.1. The van der Waals surface area contributed by atoms with E-state index >= 15 is 0 Å². The molecule has 2 aromatic rings. The molecule has 1 N–H and O–H groups in total. The molecule has 6 nitrogen and oxygen atoms in total. The molecule has 0 bridgehead atoms. The minimum Gasteiger partial charge on any atom is -0.429 e. The van der Waals surface area contributed by atoms with Crippen LogP contribution >= 0.6 is 0 Å². The molecule has 6 heteroatoms. The van der Waals surface area contributed by atoms with Gasteiger partial charge in [0.1, 0.15) is 12.4 Å². The number of H-pyrrole nitrogens is 1. The van der Waals surface area contributed by atoms with Gasteiger partial charge in [0, 0.05) is 24.8 Å². The summed E-state index contributed by atoms with van der Waals surface area (Å²) in [7, 11) is 0. The third-order valence-corrected chi connectivity index (χ3v) is 2.72. The Labute approximate surface area is 117 Å². The van der Waals surface area contributed by atoms with Crippen LogP contribution in [0.1, 0.15) is 31.3 Å². The molecule has 0 fully saturated rings. The first-order valence-corrected chi connectivity index (χ1v) is 6.38. The predicted octanol–water partition coefficient (Wildman–Crippen LogP) is 2.86. The van der Waals surface area contributed by atoms with Crippen LogP contribution in [0, 0.1) is 5.92 Å². The van der Waals surface area contributed by atoms with E-state index in [0.717, 1.165) is 5.56 Å². The molecule has 0 radical (unpaired) electrons. The fourth-order valence-corrected chi connectivity index (χ4v) is 1.70. The van der Waals surface area contributed by atoms with Crippen LogP contribution in [-0.4, -0.2) is 21.1 Å². The van der Waals surface area contributed by atoms with Gasteiger partial charge in [-0.05, 0) is 23.6 Å². The van der Waals surface area contributed by atoms with Gasteiger partial charge in [-0.15, -0.1) is 0 Å². The minimum atomic E-state index is -0.711. The van der Waals surface area contributed by atoms with E-state index in [9.17, 15) is 4.79 Å². The first-order chi connectivity index (χ1) is 9.66. The molecule has 2 rings (SSSR count). The van der Waals surface area contributed by atoms with Crippen molar-refractivity contribution >= 4 is 6.16 Å². The Morgan fingerprint density at radius 1 is 1.30 bits per heavy atom. The number of carbonyl (C=O) groups excluding carboxylic acids is 1. The number of carbonyl (C=O) groups is 1. The zero-order valence-corrected chi connectivity index (χ0v) is 11.4. The van der Waals surface area contributed by atoms with Crippen LogP contribution in [0.3, 0.4) is 0 Å². The molecule has 0 aliphatic carbocycles. The van der Waals surface area contributed by atoms with Crippen LogP contribution in [0.25, 0.3) is 0 Å². The van der Waals surface area contributed by atoms with Gasteiger partial charge >= 0.3 is 6.16 Å². The number of ether oxygens (including phenoxy) is 2. The van der Waals surface area contributed by atoms with Crippen LogP contribution < -0.4 is 0 Å². The lowest BCUT2D eigenvalue weighted by Gasteiger charge is -2.18. The summed E-state index contributed by atoms with van der Waals surface area (Å²) in [5.74, 6) is 0.704. The van der Waals surface area contributed by atoms with Crippen LogP contribution in [0.5, 0.6) is 0 Å². The van der Waals surface area contributed by atoms with Gasteiger partial charge < -0.3 is 14.5 Å². The van der Waals surface area contributed by atoms with E-state index in [1.165, 1.54) is 0 Å². The highest BCUT2D eigenvalue weighted by molar-refractivity contribution is 5.60. The van der Waals surface area contributed by atoms with Gasteiger partial charge in [-0.3, -0.25) is 4.98 Å². The summed E-state index contributed by atoms with van der Waals surface area (Å²) >= 11 is 0. The molecule has 0 aromatic carbocycles. The lowest BCUT2D eigenvalue weighted by molar-refractivity contribution is -0.000294. The van der Waals surface area contributed by atoms with E-state index in [1.807, 2.05) is 13.8 Å². The summed E-state index contributed by atoms with van der Waals surface area (Å²) < 4.78 is 10.4. The maximum atomic E-state index is 11.7. The van der Waals surface area contributed by atoms with Gasteiger partial charge in [0.2, 0.25) is 0 Å². The standard InChI is InChI=1S/C14H17N3O3/c1-10(2)12(13-16-7-8-17-13)20-14(18)19-9-11-3-5-15-6-4-11/h3-8,10,12H,9H2,1-2H3,(H,16,17). The maximum Gasteiger partial charge on any atom is 0.509 e. The minimum absolute atomic E-state index is 0.0922. The molecule has 20 heavy (non-hydrogen) atoms. The van der Waals surface area contributed by atoms with Crippen molar-refractivity contribution < 1.29 is 14.3 Å². The number of aromatic amines is 1. The maximum absolute atomic E-state index is 11.7. The van der Waals surface area contributed by atoms with E-state index in [1.54, 1.807) is 36.9 Å². The topological polar surface area (TPSA) is 77.1 Å². The van der Waals surface area contributed by atoms with Gasteiger partial charge in [-0.2, -0.15) is 0 Å². The highest BCUT2D eigenvalue weighted by atomic mass is 16.7. The number of hydrogen-bond donors (Lipinski definition) is 1. The fourth-order valence-electron chi connectivity index (χ4n) is 1.70. The lowest BCUT2D eigenvalue weighted by Crippen LogP contribution is -2.18. The summed E-state index contributed by atoms with van der Waals surface area (Å²) in [6.45, 7) is 4.05. The Kier molecular flexibility index (Phi) is 4.70. The molecular formula is C14H17N3O3. The quantitative estimate of drug-likeness (QED) is 0.849. The number of rotatable bonds is 5. The van der Waals surface area contributed by atoms with E-state index in [4.69, 9.17) is 9.47 Å². The van der Waals surface area contributed by atoms with E-state index in [2.05, 4.69) is 15.0 Å². The molecule has 0 aliphatic rings. The van der Waals surface area contributed by atoms with Crippen LogP contribution in [0.2, 0.25) is 0 Å². The summed E-state index contributed by atoms with van der Waals surface area (Å²) in [6, 6.07) is 3.56. The molecule has 0 aliphatic heterocycles. The number of hydrogen-bond acceptors (Lipinski definition) is 5. The average molecular weight is 275 g/mol. The summed E-state index contributed by atoms with van der Waals surface area (Å²) in [6.07, 6.45) is 5.44. The molecule has 0 spiro atoms. The summed E-state index contributed by atoms with van der Waals surface area (Å²) in [5.41, 5.74) is 0.857. The van der Waals surface area contributed by atoms with Crippen molar-refractivity contribution in [2.45, 2.75) is 26.6 Å². The van der Waals surface area contributed by atoms with Crippen molar-refractivity contribution in [1.29, 1.82) is 0 Å². The number of aromatic nitrogens is 3. The zero-order valence-electron chi connectivity index (χ0n) is 11.4. The number of pyridine rings is 1. The van der Waals surface area contributed by atoms with Gasteiger partial charge in [0.15, 0.2) is 6.10 Å². The SMILES string of the molecule is CC(C)C(OC(=O)OCc1ccncc1)c1ncc[nH]1. The molecule has 106 valence electrons. The monoisotopic (exact) mass is 275 g/mol. The smallest absolute Gasteiger partial charge is 0.429 e. The third-order valence-electron chi connectivity index (χ3n) is 2.72. The number of imidazole rings is 1. The first kappa shape index (κ1) is 14.0. The largest absolute Gasteiger partial charge is 0.509 e. The molecule has 0 amide bonds. The van der Waals surface area contributed by atoms with E-state index in [0.29, 0.717) is 5.82 Å². The Morgan fingerprint density at radius 3 is 2.65 bits per heavy atom. The molecule has 0 saturated heterocycles.